The lowest BCUT2D eigenvalue weighted by molar-refractivity contribution is 0.563. The summed E-state index contributed by atoms with van der Waals surface area (Å²) in [6, 6.07) is 108. The number of benzene rings is 12. The predicted molar refractivity (Wildman–Crippen MR) is 327 cm³/mol. The van der Waals surface area contributed by atoms with E-state index in [1.165, 1.54) is 99.7 Å². The lowest BCUT2D eigenvalue weighted by atomic mass is 9.55. The zero-order valence-electron chi connectivity index (χ0n) is 43.6. The van der Waals surface area contributed by atoms with Gasteiger partial charge in [0.15, 0.2) is 0 Å². The second-order valence-corrected chi connectivity index (χ2v) is 21.5. The van der Waals surface area contributed by atoms with Gasteiger partial charge < -0.3 is 9.47 Å². The molecule has 78 heavy (non-hydrogen) atoms. The van der Waals surface area contributed by atoms with Crippen LogP contribution in [0.25, 0.3) is 83.1 Å². The fourth-order valence-electron chi connectivity index (χ4n) is 13.8. The van der Waals surface area contributed by atoms with Crippen LogP contribution < -0.4 is 4.90 Å². The third kappa shape index (κ3) is 6.76. The van der Waals surface area contributed by atoms with Crippen LogP contribution in [0.15, 0.2) is 291 Å². The van der Waals surface area contributed by atoms with Crippen molar-refractivity contribution < 1.29 is 0 Å². The summed E-state index contributed by atoms with van der Waals surface area (Å²) in [4.78, 5) is 2.52. The van der Waals surface area contributed by atoms with Gasteiger partial charge in [0.25, 0.3) is 0 Å². The highest BCUT2D eigenvalue weighted by Gasteiger charge is 2.53. The van der Waals surface area contributed by atoms with E-state index in [1.54, 1.807) is 0 Å². The quantitative estimate of drug-likeness (QED) is 0.147. The average molecular weight is 995 g/mol. The van der Waals surface area contributed by atoms with Gasteiger partial charge in [0.05, 0.1) is 22.1 Å². The summed E-state index contributed by atoms with van der Waals surface area (Å²) in [7, 11) is 0. The Kier molecular flexibility index (Phi) is 10.5. The SMILES string of the molecule is CC1(C)c2ccccc2C2(c3ccccc3-c3cc(N(c4cccc(-c5cccc6c7ccccc7n(-c7ccccc7)c56)c4)c4ccccc4-c4ccccc4-c4ccccc4-c4ccccc4)ccc32)c2ccccc21. The Morgan fingerprint density at radius 1 is 0.295 bits per heavy atom. The van der Waals surface area contributed by atoms with E-state index in [2.05, 4.69) is 315 Å². The number of nitrogens with zero attached hydrogens (tertiary/aromatic N) is 2. The molecule has 0 bridgehead atoms. The summed E-state index contributed by atoms with van der Waals surface area (Å²) in [6.07, 6.45) is 0. The second kappa shape index (κ2) is 17.9. The standard InChI is InChI=1S/C76H54N2/c1-75(2)68-41-17-19-43-70(68)76(71-44-20-18-42-69(71)75)66-40-16-13-35-61(66)65-50-55(47-48-67(65)76)77(72-45-21-14-36-62(72)60-34-12-11-33-59(60)58-32-10-9-31-56(58)51-25-5-3-6-26-51)54-30-23-27-52(49-54)57-38-24-39-64-63-37-15-22-46-73(63)78(74(57)64)53-28-7-4-8-29-53/h3-50H,1-2H3. The number of anilines is 3. The van der Waals surface area contributed by atoms with Crippen molar-refractivity contribution in [1.82, 2.24) is 4.57 Å². The maximum atomic E-state index is 2.52. The Hall–Kier alpha value is -9.76. The van der Waals surface area contributed by atoms with Crippen LogP contribution in [-0.2, 0) is 10.8 Å². The zero-order valence-corrected chi connectivity index (χ0v) is 43.6. The highest BCUT2D eigenvalue weighted by Crippen LogP contribution is 2.63. The Balaban J connectivity index is 0.986. The lowest BCUT2D eigenvalue weighted by Crippen LogP contribution is -2.40. The van der Waals surface area contributed by atoms with Crippen LogP contribution in [0.4, 0.5) is 17.1 Å². The number of hydrogen-bond acceptors (Lipinski definition) is 1. The maximum Gasteiger partial charge on any atom is 0.0719 e. The van der Waals surface area contributed by atoms with Crippen molar-refractivity contribution in [3.63, 3.8) is 0 Å². The molecule has 0 amide bonds. The van der Waals surface area contributed by atoms with Gasteiger partial charge in [-0.2, -0.15) is 0 Å². The molecule has 0 saturated carbocycles. The van der Waals surface area contributed by atoms with E-state index in [0.717, 1.165) is 33.9 Å². The number of hydrogen-bond donors (Lipinski definition) is 0. The first-order valence-electron chi connectivity index (χ1n) is 27.3. The number of aromatic nitrogens is 1. The molecular formula is C76H54N2. The third-order valence-corrected chi connectivity index (χ3v) is 17.1. The molecule has 1 spiro atoms. The minimum Gasteiger partial charge on any atom is -0.310 e. The van der Waals surface area contributed by atoms with E-state index in [4.69, 9.17) is 0 Å². The normalized spacial score (nSPS) is 13.5. The minimum atomic E-state index is -0.503. The van der Waals surface area contributed by atoms with Crippen molar-refractivity contribution in [3.8, 4) is 61.3 Å². The van der Waals surface area contributed by atoms with Gasteiger partial charge in [0, 0.05) is 44.4 Å². The Morgan fingerprint density at radius 2 is 0.769 bits per heavy atom. The van der Waals surface area contributed by atoms with Crippen LogP contribution in [0.2, 0.25) is 0 Å². The fraction of sp³-hybridized carbons (Fsp3) is 0.0526. The smallest absolute Gasteiger partial charge is 0.0719 e. The maximum absolute atomic E-state index is 2.52. The van der Waals surface area contributed by atoms with Crippen LogP contribution in [0.1, 0.15) is 47.2 Å². The predicted octanol–water partition coefficient (Wildman–Crippen LogP) is 19.9. The topological polar surface area (TPSA) is 8.17 Å². The molecule has 1 aromatic heterocycles. The highest BCUT2D eigenvalue weighted by atomic mass is 15.1. The molecule has 15 rings (SSSR count). The van der Waals surface area contributed by atoms with E-state index in [-0.39, 0.29) is 5.41 Å². The molecule has 1 heterocycles. The fourth-order valence-corrected chi connectivity index (χ4v) is 13.8. The summed E-state index contributed by atoms with van der Waals surface area (Å²) in [6.45, 7) is 4.79. The van der Waals surface area contributed by atoms with Gasteiger partial charge in [-0.05, 0) is 126 Å². The number of rotatable bonds is 8. The van der Waals surface area contributed by atoms with Gasteiger partial charge >= 0.3 is 0 Å². The molecule has 0 fully saturated rings. The zero-order chi connectivity index (χ0) is 52.0. The monoisotopic (exact) mass is 994 g/mol. The van der Waals surface area contributed by atoms with Crippen LogP contribution in [0.3, 0.4) is 0 Å². The van der Waals surface area contributed by atoms with E-state index in [1.807, 2.05) is 0 Å². The summed E-state index contributed by atoms with van der Waals surface area (Å²) >= 11 is 0. The molecule has 12 aromatic carbocycles. The van der Waals surface area contributed by atoms with Gasteiger partial charge in [-0.15, -0.1) is 0 Å². The van der Waals surface area contributed by atoms with Crippen molar-refractivity contribution in [1.29, 1.82) is 0 Å². The molecule has 368 valence electrons. The first-order valence-corrected chi connectivity index (χ1v) is 27.3. The molecule has 0 unspecified atom stereocenters. The van der Waals surface area contributed by atoms with E-state index in [0.29, 0.717) is 0 Å². The largest absolute Gasteiger partial charge is 0.310 e. The summed E-state index contributed by atoms with van der Waals surface area (Å²) in [5, 5.41) is 2.47. The molecule has 2 nitrogen and oxygen atoms in total. The first kappa shape index (κ1) is 45.6. The number of para-hydroxylation sites is 4. The Labute approximate surface area is 456 Å². The van der Waals surface area contributed by atoms with Crippen LogP contribution in [0.5, 0.6) is 0 Å². The van der Waals surface area contributed by atoms with Gasteiger partial charge in [-0.25, -0.2) is 0 Å². The van der Waals surface area contributed by atoms with Gasteiger partial charge in [-0.3, -0.25) is 0 Å². The van der Waals surface area contributed by atoms with Crippen molar-refractivity contribution in [3.05, 3.63) is 325 Å². The summed E-state index contributed by atoms with van der Waals surface area (Å²) in [5.74, 6) is 0. The minimum absolute atomic E-state index is 0.181. The number of fused-ring (bicyclic) bond motifs is 12. The van der Waals surface area contributed by atoms with Crippen LogP contribution >= 0.6 is 0 Å². The van der Waals surface area contributed by atoms with Crippen molar-refractivity contribution in [2.45, 2.75) is 24.7 Å². The third-order valence-electron chi connectivity index (χ3n) is 17.1. The second-order valence-electron chi connectivity index (χ2n) is 21.5. The molecule has 0 saturated heterocycles. The highest BCUT2D eigenvalue weighted by molar-refractivity contribution is 6.14. The van der Waals surface area contributed by atoms with Crippen molar-refractivity contribution in [2.24, 2.45) is 0 Å². The van der Waals surface area contributed by atoms with E-state index < -0.39 is 5.41 Å². The Morgan fingerprint density at radius 3 is 1.49 bits per heavy atom. The molecule has 0 aliphatic heterocycles. The molecule has 0 radical (unpaired) electrons. The van der Waals surface area contributed by atoms with Crippen LogP contribution in [0, 0.1) is 0 Å². The first-order chi connectivity index (χ1) is 38.5. The van der Waals surface area contributed by atoms with Crippen molar-refractivity contribution >= 4 is 38.9 Å². The summed E-state index contributed by atoms with van der Waals surface area (Å²) < 4.78 is 2.44. The molecule has 0 N–H and O–H groups in total. The molecule has 2 heteroatoms. The lowest BCUT2D eigenvalue weighted by Gasteiger charge is -2.46. The van der Waals surface area contributed by atoms with E-state index >= 15 is 0 Å². The van der Waals surface area contributed by atoms with Gasteiger partial charge in [-0.1, -0.05) is 257 Å². The van der Waals surface area contributed by atoms with Gasteiger partial charge in [0.1, 0.15) is 0 Å². The molecular weight excluding hydrogens is 941 g/mol. The summed E-state index contributed by atoms with van der Waals surface area (Å²) in [5.41, 5.74) is 26.1. The van der Waals surface area contributed by atoms with Crippen LogP contribution in [-0.4, -0.2) is 4.57 Å². The molecule has 2 aliphatic rings. The average Bonchev–Trinajstić information content (AvgIpc) is 2.76. The molecule has 13 aromatic rings. The molecule has 2 aliphatic carbocycles. The van der Waals surface area contributed by atoms with Gasteiger partial charge in [0.2, 0.25) is 0 Å². The Bertz CT molecular complexity index is 4430. The van der Waals surface area contributed by atoms with Crippen molar-refractivity contribution in [2.75, 3.05) is 4.90 Å². The molecule has 0 atom stereocenters. The van der Waals surface area contributed by atoms with E-state index in [9.17, 15) is 0 Å².